The maximum Gasteiger partial charge on any atom is 0.316 e. The molecule has 0 amide bonds. The summed E-state index contributed by atoms with van der Waals surface area (Å²) in [5.41, 5.74) is 1.34. The van der Waals surface area contributed by atoms with Crippen LogP contribution >= 0.6 is 0 Å². The summed E-state index contributed by atoms with van der Waals surface area (Å²) in [6.07, 6.45) is 1.54. The molecule has 1 aliphatic heterocycles. The van der Waals surface area contributed by atoms with Crippen molar-refractivity contribution in [2.45, 2.75) is 12.8 Å². The van der Waals surface area contributed by atoms with Crippen LogP contribution in [-0.2, 0) is 32.4 Å². The predicted molar refractivity (Wildman–Crippen MR) is 84.2 cm³/mol. The van der Waals surface area contributed by atoms with Gasteiger partial charge in [-0.1, -0.05) is 24.3 Å². The van der Waals surface area contributed by atoms with Crippen LogP contribution in [0.5, 0.6) is 0 Å². The van der Waals surface area contributed by atoms with Gasteiger partial charge in [-0.2, -0.15) is 4.31 Å². The molecule has 6 nitrogen and oxygen atoms in total. The molecule has 0 radical (unpaired) electrons. The zero-order valence-electron chi connectivity index (χ0n) is 13.1. The van der Waals surface area contributed by atoms with Crippen LogP contribution in [0.1, 0.15) is 11.1 Å². The Balaban J connectivity index is 1.63. The first-order valence-electron chi connectivity index (χ1n) is 7.64. The summed E-state index contributed by atoms with van der Waals surface area (Å²) in [4.78, 5) is 11.7. The molecular formula is C16H21NO5S. The van der Waals surface area contributed by atoms with Crippen molar-refractivity contribution in [1.29, 1.82) is 0 Å². The van der Waals surface area contributed by atoms with Gasteiger partial charge in [-0.25, -0.2) is 8.42 Å². The lowest BCUT2D eigenvalue weighted by atomic mass is 9.83. The number of hydrogen-bond acceptors (Lipinski definition) is 5. The van der Waals surface area contributed by atoms with Crippen LogP contribution in [0.2, 0.25) is 0 Å². The fraction of sp³-hybridized carbons (Fsp3) is 0.562. The van der Waals surface area contributed by atoms with E-state index in [9.17, 15) is 18.3 Å². The Morgan fingerprint density at radius 1 is 1.30 bits per heavy atom. The summed E-state index contributed by atoms with van der Waals surface area (Å²) in [6, 6.07) is 8.02. The van der Waals surface area contributed by atoms with Crippen molar-refractivity contribution in [3.05, 3.63) is 35.4 Å². The van der Waals surface area contributed by atoms with Gasteiger partial charge in [0.1, 0.15) is 5.41 Å². The van der Waals surface area contributed by atoms with Crippen molar-refractivity contribution in [3.63, 3.8) is 0 Å². The zero-order chi connectivity index (χ0) is 16.7. The van der Waals surface area contributed by atoms with E-state index >= 15 is 0 Å². The van der Waals surface area contributed by atoms with E-state index in [2.05, 4.69) is 4.74 Å². The number of nitrogens with zero attached hydrogens (tertiary/aromatic N) is 1. The second-order valence-electron chi connectivity index (χ2n) is 6.52. The standard InChI is InChI=1S/C16H21NO5S/c1-22-15(19)16(11-18)9-17(10-16)23(20,21)8-12-6-13-4-2-3-5-14(13)7-12/h2-5,12,18H,6-11H2,1H3. The van der Waals surface area contributed by atoms with Gasteiger partial charge in [0.2, 0.25) is 10.0 Å². The van der Waals surface area contributed by atoms with Gasteiger partial charge in [-0.3, -0.25) is 4.79 Å². The number of fused-ring (bicyclic) bond motifs is 1. The highest BCUT2D eigenvalue weighted by atomic mass is 32.2. The summed E-state index contributed by atoms with van der Waals surface area (Å²) in [7, 11) is -2.19. The summed E-state index contributed by atoms with van der Waals surface area (Å²) in [5.74, 6) is -0.413. The molecule has 1 heterocycles. The highest BCUT2D eigenvalue weighted by Crippen LogP contribution is 2.35. The second kappa shape index (κ2) is 5.89. The van der Waals surface area contributed by atoms with Crippen LogP contribution in [0.3, 0.4) is 0 Å². The van der Waals surface area contributed by atoms with Crippen LogP contribution < -0.4 is 0 Å². The van der Waals surface area contributed by atoms with Crippen LogP contribution in [0, 0.1) is 11.3 Å². The van der Waals surface area contributed by atoms with Gasteiger partial charge in [0, 0.05) is 13.1 Å². The minimum Gasteiger partial charge on any atom is -0.468 e. The molecule has 1 aromatic rings. The molecule has 1 N–H and O–H groups in total. The highest BCUT2D eigenvalue weighted by Gasteiger charge is 2.54. The number of ether oxygens (including phenoxy) is 1. The first kappa shape index (κ1) is 16.4. The summed E-state index contributed by atoms with van der Waals surface area (Å²) in [6.45, 7) is -0.406. The van der Waals surface area contributed by atoms with Gasteiger partial charge in [-0.15, -0.1) is 0 Å². The molecule has 2 aliphatic rings. The smallest absolute Gasteiger partial charge is 0.316 e. The molecule has 1 aromatic carbocycles. The van der Waals surface area contributed by atoms with E-state index in [1.165, 1.54) is 22.5 Å². The molecule has 126 valence electrons. The molecule has 23 heavy (non-hydrogen) atoms. The molecule has 0 atom stereocenters. The number of carbonyl (C=O) groups is 1. The zero-order valence-corrected chi connectivity index (χ0v) is 13.9. The second-order valence-corrected chi connectivity index (χ2v) is 8.53. The summed E-state index contributed by atoms with van der Waals surface area (Å²) >= 11 is 0. The Labute approximate surface area is 136 Å². The van der Waals surface area contributed by atoms with Crippen molar-refractivity contribution in [3.8, 4) is 0 Å². The molecular weight excluding hydrogens is 318 g/mol. The molecule has 0 spiro atoms. The third-order valence-electron chi connectivity index (χ3n) is 4.85. The van der Waals surface area contributed by atoms with Crippen molar-refractivity contribution >= 4 is 16.0 Å². The van der Waals surface area contributed by atoms with Gasteiger partial charge in [0.25, 0.3) is 0 Å². The molecule has 0 saturated carbocycles. The third kappa shape index (κ3) is 2.88. The first-order chi connectivity index (χ1) is 10.9. The Morgan fingerprint density at radius 2 is 1.87 bits per heavy atom. The number of aliphatic hydroxyl groups is 1. The van der Waals surface area contributed by atoms with Gasteiger partial charge in [0.15, 0.2) is 0 Å². The average Bonchev–Trinajstić information content (AvgIpc) is 2.87. The molecule has 0 bridgehead atoms. The summed E-state index contributed by atoms with van der Waals surface area (Å²) in [5, 5.41) is 9.40. The quantitative estimate of drug-likeness (QED) is 0.775. The van der Waals surface area contributed by atoms with Crippen molar-refractivity contribution < 1.29 is 23.1 Å². The van der Waals surface area contributed by atoms with E-state index in [-0.39, 0.29) is 24.8 Å². The first-order valence-corrected chi connectivity index (χ1v) is 9.25. The number of benzene rings is 1. The normalized spacial score (nSPS) is 20.8. The number of rotatable bonds is 5. The molecule has 1 saturated heterocycles. The lowest BCUT2D eigenvalue weighted by Gasteiger charge is -2.45. The van der Waals surface area contributed by atoms with Crippen molar-refractivity contribution in [2.75, 3.05) is 32.6 Å². The minimum atomic E-state index is -3.43. The third-order valence-corrected chi connectivity index (χ3v) is 6.79. The van der Waals surface area contributed by atoms with E-state index in [1.54, 1.807) is 0 Å². The van der Waals surface area contributed by atoms with Crippen LogP contribution in [0.15, 0.2) is 24.3 Å². The van der Waals surface area contributed by atoms with Gasteiger partial charge in [-0.05, 0) is 29.9 Å². The van der Waals surface area contributed by atoms with Gasteiger partial charge in [0.05, 0.1) is 19.5 Å². The van der Waals surface area contributed by atoms with Crippen LogP contribution in [-0.4, -0.2) is 56.4 Å². The molecule has 7 heteroatoms. The van der Waals surface area contributed by atoms with Crippen LogP contribution in [0.25, 0.3) is 0 Å². The van der Waals surface area contributed by atoms with E-state index in [0.29, 0.717) is 0 Å². The molecule has 0 aromatic heterocycles. The van der Waals surface area contributed by atoms with E-state index < -0.39 is 28.0 Å². The lowest BCUT2D eigenvalue weighted by Crippen LogP contribution is -2.64. The largest absolute Gasteiger partial charge is 0.468 e. The van der Waals surface area contributed by atoms with E-state index in [4.69, 9.17) is 0 Å². The number of aliphatic hydroxyl groups excluding tert-OH is 1. The molecule has 1 aliphatic carbocycles. The van der Waals surface area contributed by atoms with Gasteiger partial charge >= 0.3 is 5.97 Å². The van der Waals surface area contributed by atoms with Gasteiger partial charge < -0.3 is 9.84 Å². The van der Waals surface area contributed by atoms with E-state index in [0.717, 1.165) is 12.8 Å². The lowest BCUT2D eigenvalue weighted by molar-refractivity contribution is -0.163. The summed E-state index contributed by atoms with van der Waals surface area (Å²) < 4.78 is 31.0. The SMILES string of the molecule is COC(=O)C1(CO)CN(S(=O)(=O)CC2Cc3ccccc3C2)C1. The van der Waals surface area contributed by atoms with Crippen molar-refractivity contribution in [1.82, 2.24) is 4.31 Å². The monoisotopic (exact) mass is 339 g/mol. The Morgan fingerprint density at radius 3 is 2.35 bits per heavy atom. The number of sulfonamides is 1. The maximum absolute atomic E-state index is 12.5. The molecule has 3 rings (SSSR count). The number of esters is 1. The maximum atomic E-state index is 12.5. The number of carbonyl (C=O) groups excluding carboxylic acids is 1. The van der Waals surface area contributed by atoms with Crippen molar-refractivity contribution in [2.24, 2.45) is 11.3 Å². The predicted octanol–water partition coefficient (Wildman–Crippen LogP) is 0.199. The Hall–Kier alpha value is -1.44. The minimum absolute atomic E-state index is 0.00181. The van der Waals surface area contributed by atoms with E-state index in [1.807, 2.05) is 24.3 Å². The Kier molecular flexibility index (Phi) is 4.20. The van der Waals surface area contributed by atoms with Crippen LogP contribution in [0.4, 0.5) is 0 Å². The fourth-order valence-electron chi connectivity index (χ4n) is 3.51. The number of hydrogen-bond donors (Lipinski definition) is 1. The number of methoxy groups -OCH3 is 1. The topological polar surface area (TPSA) is 83.9 Å². The highest BCUT2D eigenvalue weighted by molar-refractivity contribution is 7.89. The fourth-order valence-corrected chi connectivity index (χ4v) is 5.44. The average molecular weight is 339 g/mol. The molecule has 1 fully saturated rings. The molecule has 0 unspecified atom stereocenters. The Bertz CT molecular complexity index is 684.